The lowest BCUT2D eigenvalue weighted by atomic mass is 10.1. The van der Waals surface area contributed by atoms with Crippen LogP contribution in [0.25, 0.3) is 14.5 Å². The van der Waals surface area contributed by atoms with Gasteiger partial charge < -0.3 is 34.1 Å². The Morgan fingerprint density at radius 3 is 0.690 bits per heavy atom. The fourth-order valence-corrected chi connectivity index (χ4v) is 7.08. The molecule has 0 aromatic carbocycles. The standard InChI is InChI=1S/C44H72N14/c1-50-24-42-57(33-14-23-49)40-17-36-53(34-15-38-55(29-10-19-45)30-11-20-46)27-8-6-4-5-7-9-28-54(35-16-39-56(31-12-21-47)32-13-22-48)37-18-41-58(43-25-51-2)44-26-52-3/h4-18,24-44H2. The van der Waals surface area contributed by atoms with E-state index in [1.54, 1.807) is 0 Å². The van der Waals surface area contributed by atoms with Crippen LogP contribution in [-0.4, -0.2) is 167 Å². The molecule has 0 saturated carbocycles. The summed E-state index contributed by atoms with van der Waals surface area (Å²) in [4.78, 5) is 24.6. The van der Waals surface area contributed by atoms with E-state index in [0.717, 1.165) is 104 Å². The second-order valence-corrected chi connectivity index (χ2v) is 14.8. The van der Waals surface area contributed by atoms with Crippen molar-refractivity contribution in [1.29, 1.82) is 26.3 Å². The molecule has 58 heavy (non-hydrogen) atoms. The molecule has 0 aromatic rings. The molecular weight excluding hydrogens is 725 g/mol. The summed E-state index contributed by atoms with van der Waals surface area (Å²) in [5, 5.41) is 45.4. The van der Waals surface area contributed by atoms with Gasteiger partial charge in [-0.2, -0.15) is 26.3 Å². The minimum atomic E-state index is 0.455. The lowest BCUT2D eigenvalue weighted by Crippen LogP contribution is -2.35. The van der Waals surface area contributed by atoms with Crippen molar-refractivity contribution in [3.8, 4) is 30.3 Å². The van der Waals surface area contributed by atoms with Gasteiger partial charge in [0, 0.05) is 64.8 Å². The minimum Gasteiger partial charge on any atom is -0.316 e. The van der Waals surface area contributed by atoms with Gasteiger partial charge in [-0.15, -0.1) is 0 Å². The van der Waals surface area contributed by atoms with Crippen LogP contribution in [0.1, 0.15) is 96.3 Å². The molecule has 0 atom stereocenters. The maximum Gasteiger partial charge on any atom is 0.227 e. The normalized spacial score (nSPS) is 10.9. The Morgan fingerprint density at radius 1 is 0.259 bits per heavy atom. The fourth-order valence-electron chi connectivity index (χ4n) is 7.08. The highest BCUT2D eigenvalue weighted by molar-refractivity contribution is 4.79. The molecule has 318 valence electrons. The first kappa shape index (κ1) is 53.7. The Hall–Kier alpha value is -4.32. The molecule has 0 amide bonds. The van der Waals surface area contributed by atoms with Gasteiger partial charge in [0.2, 0.25) is 19.6 Å². The average molecular weight is 797 g/mol. The van der Waals surface area contributed by atoms with E-state index in [1.165, 1.54) is 25.7 Å². The molecule has 0 radical (unpaired) electrons. The number of nitriles is 5. The van der Waals surface area contributed by atoms with Crippen molar-refractivity contribution >= 4 is 0 Å². The summed E-state index contributed by atoms with van der Waals surface area (Å²) in [6.45, 7) is 38.0. The highest BCUT2D eigenvalue weighted by atomic mass is 15.2. The lowest BCUT2D eigenvalue weighted by Gasteiger charge is -2.26. The van der Waals surface area contributed by atoms with Crippen LogP contribution in [0.2, 0.25) is 0 Å². The molecule has 0 spiro atoms. The van der Waals surface area contributed by atoms with E-state index in [4.69, 9.17) is 46.0 Å². The molecule has 0 unspecified atom stereocenters. The molecule has 0 rings (SSSR count). The molecule has 0 aromatic heterocycles. The number of rotatable bonds is 41. The second-order valence-electron chi connectivity index (χ2n) is 14.8. The largest absolute Gasteiger partial charge is 0.316 e. The van der Waals surface area contributed by atoms with Crippen molar-refractivity contribution in [1.82, 2.24) is 29.4 Å². The SMILES string of the molecule is [C-]#[N+]CCN(CCC#N)CCCN(CCCCCCCCN(CCCN(CCC#N)CCC#N)CCCN(CC[N+]#[C-])CC[N+]#[C-])CCCN(CCC#N)CCC#N. The van der Waals surface area contributed by atoms with Gasteiger partial charge in [-0.1, -0.05) is 25.7 Å². The summed E-state index contributed by atoms with van der Waals surface area (Å²) in [6.07, 6.45) is 13.4. The van der Waals surface area contributed by atoms with Crippen molar-refractivity contribution in [2.45, 2.75) is 96.3 Å². The molecular formula is C44H72N14. The van der Waals surface area contributed by atoms with Crippen LogP contribution in [0.15, 0.2) is 0 Å². The van der Waals surface area contributed by atoms with Gasteiger partial charge in [-0.3, -0.25) is 9.80 Å². The summed E-state index contributed by atoms with van der Waals surface area (Å²) in [7, 11) is 0. The van der Waals surface area contributed by atoms with Crippen molar-refractivity contribution in [3.63, 3.8) is 0 Å². The fraction of sp³-hybridized carbons (Fsp3) is 0.818. The van der Waals surface area contributed by atoms with Crippen LogP contribution in [0.5, 0.6) is 0 Å². The van der Waals surface area contributed by atoms with Gasteiger partial charge in [0.1, 0.15) is 0 Å². The topological polar surface area (TPSA) is 151 Å². The molecule has 0 bridgehead atoms. The van der Waals surface area contributed by atoms with E-state index >= 15 is 0 Å². The van der Waals surface area contributed by atoms with Crippen LogP contribution >= 0.6 is 0 Å². The van der Waals surface area contributed by atoms with E-state index < -0.39 is 0 Å². The van der Waals surface area contributed by atoms with E-state index in [0.29, 0.717) is 104 Å². The maximum absolute atomic E-state index is 9.08. The zero-order valence-corrected chi connectivity index (χ0v) is 35.7. The molecule has 0 aliphatic rings. The van der Waals surface area contributed by atoms with Crippen molar-refractivity contribution < 1.29 is 0 Å². The number of hydrogen-bond donors (Lipinski definition) is 0. The number of nitrogens with zero attached hydrogens (tertiary/aromatic N) is 14. The van der Waals surface area contributed by atoms with Crippen molar-refractivity contribution in [2.75, 3.05) is 137 Å². The quantitative estimate of drug-likeness (QED) is 0.0528. The first-order valence-electron chi connectivity index (χ1n) is 21.7. The third-order valence-corrected chi connectivity index (χ3v) is 10.3. The van der Waals surface area contributed by atoms with E-state index in [-0.39, 0.29) is 0 Å². The predicted molar refractivity (Wildman–Crippen MR) is 230 cm³/mol. The van der Waals surface area contributed by atoms with Crippen molar-refractivity contribution in [3.05, 3.63) is 34.3 Å². The summed E-state index contributed by atoms with van der Waals surface area (Å²) < 4.78 is 0. The van der Waals surface area contributed by atoms with Crippen LogP contribution in [0, 0.1) is 76.4 Å². The van der Waals surface area contributed by atoms with Crippen LogP contribution in [-0.2, 0) is 0 Å². The Kier molecular flexibility index (Phi) is 39.1. The Labute approximate surface area is 353 Å². The monoisotopic (exact) mass is 797 g/mol. The molecule has 0 heterocycles. The van der Waals surface area contributed by atoms with Gasteiger partial charge in [0.05, 0.1) is 50.0 Å². The van der Waals surface area contributed by atoms with E-state index in [9.17, 15) is 0 Å². The Morgan fingerprint density at radius 2 is 0.448 bits per heavy atom. The average Bonchev–Trinajstić information content (AvgIpc) is 3.24. The highest BCUT2D eigenvalue weighted by Gasteiger charge is 2.13. The molecule has 0 saturated heterocycles. The number of unbranched alkanes of at least 4 members (excludes halogenated alkanes) is 5. The van der Waals surface area contributed by atoms with E-state index in [2.05, 4.69) is 74.3 Å². The molecule has 0 fully saturated rings. The number of hydrogen-bond acceptors (Lipinski definition) is 11. The van der Waals surface area contributed by atoms with Gasteiger partial charge >= 0.3 is 0 Å². The van der Waals surface area contributed by atoms with Crippen molar-refractivity contribution in [2.24, 2.45) is 0 Å². The molecule has 14 heteroatoms. The minimum absolute atomic E-state index is 0.455. The predicted octanol–water partition coefficient (Wildman–Crippen LogP) is 6.03. The summed E-state index contributed by atoms with van der Waals surface area (Å²) >= 11 is 0. The van der Waals surface area contributed by atoms with Gasteiger partial charge in [0.25, 0.3) is 0 Å². The van der Waals surface area contributed by atoms with E-state index in [1.807, 2.05) is 0 Å². The summed E-state index contributed by atoms with van der Waals surface area (Å²) in [5.41, 5.74) is 0. The van der Waals surface area contributed by atoms with Gasteiger partial charge in [0.15, 0.2) is 0 Å². The van der Waals surface area contributed by atoms with Crippen LogP contribution in [0.3, 0.4) is 0 Å². The third kappa shape index (κ3) is 33.8. The van der Waals surface area contributed by atoms with Crippen LogP contribution < -0.4 is 0 Å². The van der Waals surface area contributed by atoms with Gasteiger partial charge in [-0.25, -0.2) is 19.7 Å². The molecule has 14 nitrogen and oxygen atoms in total. The van der Waals surface area contributed by atoms with Gasteiger partial charge in [-0.05, 0) is 104 Å². The molecule has 0 N–H and O–H groups in total. The second kappa shape index (κ2) is 42.3. The lowest BCUT2D eigenvalue weighted by molar-refractivity contribution is 0.208. The summed E-state index contributed by atoms with van der Waals surface area (Å²) in [6, 6.07) is 11.2. The summed E-state index contributed by atoms with van der Waals surface area (Å²) in [5.74, 6) is 0. The third-order valence-electron chi connectivity index (χ3n) is 10.3. The maximum atomic E-state index is 9.08. The first-order valence-corrected chi connectivity index (χ1v) is 21.7. The zero-order valence-electron chi connectivity index (χ0n) is 35.7. The van der Waals surface area contributed by atoms with Crippen LogP contribution in [0.4, 0.5) is 0 Å². The highest BCUT2D eigenvalue weighted by Crippen LogP contribution is 2.10. The Balaban J connectivity index is 5.09. The smallest absolute Gasteiger partial charge is 0.227 e. The zero-order chi connectivity index (χ0) is 42.6. The molecule has 0 aliphatic carbocycles. The molecule has 0 aliphatic heterocycles. The Bertz CT molecular complexity index is 1070. The first-order chi connectivity index (χ1) is 28.5.